The number of aliphatic hydroxyl groups is 1. The fourth-order valence-electron chi connectivity index (χ4n) is 6.82. The summed E-state index contributed by atoms with van der Waals surface area (Å²) in [5.41, 5.74) is -1.18. The van der Waals surface area contributed by atoms with Crippen molar-refractivity contribution in [2.24, 2.45) is 0 Å². The van der Waals surface area contributed by atoms with E-state index in [-0.39, 0.29) is 88.8 Å². The van der Waals surface area contributed by atoms with E-state index in [1.54, 1.807) is 38.1 Å². The van der Waals surface area contributed by atoms with Crippen molar-refractivity contribution in [1.82, 2.24) is 0 Å². The van der Waals surface area contributed by atoms with Gasteiger partial charge in [0.05, 0.1) is 57.3 Å². The molecule has 0 saturated heterocycles. The zero-order valence-electron chi connectivity index (χ0n) is 35.0. The maximum absolute atomic E-state index is 12.2. The van der Waals surface area contributed by atoms with E-state index in [1.807, 2.05) is 27.7 Å². The van der Waals surface area contributed by atoms with E-state index in [2.05, 4.69) is 0 Å². The summed E-state index contributed by atoms with van der Waals surface area (Å²) in [5, 5.41) is 9.56. The fraction of sp³-hybridized carbons (Fsp3) is 0.452. The Bertz CT molecular complexity index is 2120. The third kappa shape index (κ3) is 11.7. The molecule has 314 valence electrons. The van der Waals surface area contributed by atoms with Gasteiger partial charge in [0.1, 0.15) is 79.4 Å². The van der Waals surface area contributed by atoms with Crippen LogP contribution in [0.2, 0.25) is 0 Å². The van der Waals surface area contributed by atoms with Crippen molar-refractivity contribution in [3.63, 3.8) is 0 Å². The molecule has 0 radical (unpaired) electrons. The number of hydrogen-bond donors (Lipinski definition) is 1. The van der Waals surface area contributed by atoms with Crippen molar-refractivity contribution in [1.29, 1.82) is 0 Å². The van der Waals surface area contributed by atoms with Gasteiger partial charge in [-0.05, 0) is 77.9 Å². The average molecular weight is 849 g/mol. The summed E-state index contributed by atoms with van der Waals surface area (Å²) in [4.78, 5) is 57.8. The maximum atomic E-state index is 12.2. The topological polar surface area (TPSA) is 218 Å². The number of aliphatic hydroxyl groups excluding tert-OH is 1. The second kappa shape index (κ2) is 19.4. The van der Waals surface area contributed by atoms with Gasteiger partial charge < -0.3 is 47.7 Å². The molecule has 15 nitrogen and oxygen atoms in total. The molecule has 17 heteroatoms. The average Bonchev–Trinajstić information content (AvgIpc) is 3.11. The summed E-state index contributed by atoms with van der Waals surface area (Å²) in [5.74, 6) is 2.44. The molecular weight excluding hydrogens is 800 g/mol. The second-order valence-electron chi connectivity index (χ2n) is 15.6. The van der Waals surface area contributed by atoms with Gasteiger partial charge in [0.25, 0.3) is 0 Å². The maximum Gasteiger partial charge on any atom is 1.00 e. The monoisotopic (exact) mass is 848 g/mol. The molecule has 0 aliphatic carbocycles. The van der Waals surface area contributed by atoms with Crippen molar-refractivity contribution >= 4 is 40.0 Å². The number of benzene rings is 3. The normalized spacial score (nSPS) is 17.0. The molecule has 59 heavy (non-hydrogen) atoms. The molecule has 1 unspecified atom stereocenters. The molecule has 0 spiro atoms. The van der Waals surface area contributed by atoms with Crippen LogP contribution in [-0.2, 0) is 39.0 Å². The molecule has 3 aliphatic heterocycles. The van der Waals surface area contributed by atoms with Crippen LogP contribution in [-0.4, -0.2) is 91.6 Å². The first-order chi connectivity index (χ1) is 27.0. The summed E-state index contributed by atoms with van der Waals surface area (Å²) in [6.07, 6.45) is 2.27. The third-order valence-electron chi connectivity index (χ3n) is 9.39. The number of ketones is 3. The number of rotatable bonds is 10. The van der Waals surface area contributed by atoms with Gasteiger partial charge in [-0.3, -0.25) is 14.4 Å². The molecule has 1 N–H and O–H groups in total. The number of hydrogen-bond acceptors (Lipinski definition) is 15. The van der Waals surface area contributed by atoms with Crippen LogP contribution in [0.15, 0.2) is 36.4 Å². The molecule has 3 aromatic rings. The van der Waals surface area contributed by atoms with Crippen LogP contribution < -0.4 is 58.0 Å². The molecule has 0 amide bonds. The Morgan fingerprint density at radius 2 is 0.915 bits per heavy atom. The summed E-state index contributed by atoms with van der Waals surface area (Å²) in [6, 6.07) is 9.81. The van der Waals surface area contributed by atoms with Crippen LogP contribution in [0, 0.1) is 0 Å². The van der Waals surface area contributed by atoms with Crippen LogP contribution in [0.25, 0.3) is 0 Å². The van der Waals surface area contributed by atoms with Gasteiger partial charge in [-0.25, -0.2) is 8.42 Å². The predicted octanol–water partition coefficient (Wildman–Crippen LogP) is 2.21. The first-order valence-corrected chi connectivity index (χ1v) is 19.7. The Morgan fingerprint density at radius 1 is 0.627 bits per heavy atom. The van der Waals surface area contributed by atoms with E-state index in [4.69, 9.17) is 28.4 Å². The molecular formula is C42H49NaO15S. The summed E-state index contributed by atoms with van der Waals surface area (Å²) in [7, 11) is -0.458. The Labute approximate surface area is 366 Å². The van der Waals surface area contributed by atoms with Gasteiger partial charge in [0, 0.05) is 36.0 Å². The summed E-state index contributed by atoms with van der Waals surface area (Å²) < 4.78 is 65.9. The minimum absolute atomic E-state index is 0. The minimum Gasteiger partial charge on any atom is -0.746 e. The number of carbonyl (C=O) groups is 5. The van der Waals surface area contributed by atoms with Gasteiger partial charge in [0.2, 0.25) is 0 Å². The number of fused-ring (bicyclic) bond motifs is 3. The molecule has 0 fully saturated rings. The van der Waals surface area contributed by atoms with Gasteiger partial charge in [-0.15, -0.1) is 0 Å². The Kier molecular flexibility index (Phi) is 16.1. The summed E-state index contributed by atoms with van der Waals surface area (Å²) in [6.45, 7) is 10.9. The summed E-state index contributed by atoms with van der Waals surface area (Å²) >= 11 is 0. The number of ether oxygens (including phenoxy) is 6. The van der Waals surface area contributed by atoms with Gasteiger partial charge in [0.15, 0.2) is 17.3 Å². The molecule has 0 saturated carbocycles. The Hall–Kier alpha value is -4.32. The van der Waals surface area contributed by atoms with Crippen molar-refractivity contribution in [2.75, 3.05) is 21.3 Å². The van der Waals surface area contributed by atoms with E-state index in [0.29, 0.717) is 58.1 Å². The Balaban J connectivity index is 0.000000236. The van der Waals surface area contributed by atoms with E-state index >= 15 is 0 Å². The second-order valence-corrected chi connectivity index (χ2v) is 17.2. The van der Waals surface area contributed by atoms with Crippen molar-refractivity contribution < 1.29 is 100 Å². The van der Waals surface area contributed by atoms with Crippen LogP contribution in [0.5, 0.6) is 34.5 Å². The van der Waals surface area contributed by atoms with E-state index in [1.165, 1.54) is 33.5 Å². The van der Waals surface area contributed by atoms with Crippen molar-refractivity contribution in [3.8, 4) is 34.5 Å². The Morgan fingerprint density at radius 3 is 1.19 bits per heavy atom. The van der Waals surface area contributed by atoms with E-state index < -0.39 is 38.8 Å². The van der Waals surface area contributed by atoms with Crippen LogP contribution in [0.4, 0.5) is 0 Å². The zero-order valence-corrected chi connectivity index (χ0v) is 37.8. The molecule has 1 atom stereocenters. The number of Topliss-reactive ketones (excluding diaryl/α,β-unsaturated/α-hetero) is 3. The molecule has 0 aromatic heterocycles. The molecule has 3 heterocycles. The number of aldehydes is 2. The van der Waals surface area contributed by atoms with Crippen LogP contribution >= 0.6 is 0 Å². The van der Waals surface area contributed by atoms with Crippen molar-refractivity contribution in [3.05, 3.63) is 69.8 Å². The third-order valence-corrected chi connectivity index (χ3v) is 10.2. The van der Waals surface area contributed by atoms with Crippen LogP contribution in [0.3, 0.4) is 0 Å². The first kappa shape index (κ1) is 49.0. The smallest absolute Gasteiger partial charge is 0.746 e. The molecule has 3 aliphatic rings. The van der Waals surface area contributed by atoms with Gasteiger partial charge in [-0.2, -0.15) is 0 Å². The standard InChI is InChI=1S/C14H18O7S.2C14H16O4.Na/c1-14(2)7-10(15)8-4-5-11(20-3)9(13(8)21-14)6-12(16)22(17,18)19;2*1-14(2)8-11(16)9-4-5-12(17-3)10(6-7-15)13(9)18-14;/h4-5,12,16H,6-7H2,1-3H3,(H,17,18,19);2*4-5,7H,6,8H2,1-3H3;/q;;;+1/p-1. The predicted molar refractivity (Wildman–Crippen MR) is 209 cm³/mol. The quantitative estimate of drug-likeness (QED) is 0.176. The fourth-order valence-corrected chi connectivity index (χ4v) is 7.19. The number of carbonyl (C=O) groups excluding carboxylic acids is 5. The first-order valence-electron chi connectivity index (χ1n) is 18.3. The SMILES string of the molecule is COc1ccc2c(c1CC(O)S(=O)(=O)[O-])OC(C)(C)CC2=O.COc1ccc2c(c1CC=O)OC(C)(C)CC2=O.COc1ccc2c(c1CC=O)OC(C)(C)CC2=O.[Na+]. The zero-order chi connectivity index (χ0) is 43.4. The molecule has 6 rings (SSSR count). The largest absolute Gasteiger partial charge is 1.00 e. The van der Waals surface area contributed by atoms with Gasteiger partial charge >= 0.3 is 29.6 Å². The molecule has 3 aromatic carbocycles. The number of methoxy groups -OCH3 is 3. The van der Waals surface area contributed by atoms with Crippen molar-refractivity contribution in [2.45, 2.75) is 102 Å². The van der Waals surface area contributed by atoms with Crippen LogP contribution in [0.1, 0.15) is 109 Å². The molecule has 0 bridgehead atoms. The van der Waals surface area contributed by atoms with Gasteiger partial charge in [-0.1, -0.05) is 0 Å². The van der Waals surface area contributed by atoms with E-state index in [0.717, 1.165) is 12.6 Å². The minimum atomic E-state index is -4.89. The van der Waals surface area contributed by atoms with E-state index in [9.17, 15) is 42.0 Å².